The minimum atomic E-state index is -4.55. The van der Waals surface area contributed by atoms with E-state index in [2.05, 4.69) is 20.1 Å². The number of carbonyl (C=O) groups is 1. The minimum Gasteiger partial charge on any atom is -0.475 e. The number of alkyl halides is 5. The van der Waals surface area contributed by atoms with E-state index in [0.29, 0.717) is 6.20 Å². The number of halogens is 5. The predicted octanol–water partition coefficient (Wildman–Crippen LogP) is 3.86. The summed E-state index contributed by atoms with van der Waals surface area (Å²) in [7, 11) is 1.58. The van der Waals surface area contributed by atoms with E-state index in [1.807, 2.05) is 0 Å². The van der Waals surface area contributed by atoms with Crippen molar-refractivity contribution >= 4 is 5.91 Å². The van der Waals surface area contributed by atoms with Crippen molar-refractivity contribution in [2.24, 2.45) is 13.0 Å². The largest absolute Gasteiger partial charge is 0.475 e. The van der Waals surface area contributed by atoms with Crippen LogP contribution in [0, 0.1) is 5.92 Å². The molecule has 8 nitrogen and oxygen atoms in total. The molecule has 1 aliphatic rings. The van der Waals surface area contributed by atoms with Crippen molar-refractivity contribution in [3.8, 4) is 17.3 Å². The highest BCUT2D eigenvalue weighted by Gasteiger charge is 2.47. The number of likely N-dealkylation sites (tertiary alicyclic amines) is 1. The Kier molecular flexibility index (Phi) is 6.43. The van der Waals surface area contributed by atoms with Crippen LogP contribution in [0.25, 0.3) is 11.4 Å². The number of piperidine rings is 1. The van der Waals surface area contributed by atoms with E-state index in [4.69, 9.17) is 4.74 Å². The van der Waals surface area contributed by atoms with Gasteiger partial charge in [-0.05, 0) is 18.1 Å². The Morgan fingerprint density at radius 1 is 1.20 bits per heavy atom. The zero-order valence-corrected chi connectivity index (χ0v) is 18.7. The number of rotatable bonds is 5. The molecule has 2 atom stereocenters. The summed E-state index contributed by atoms with van der Waals surface area (Å²) in [5.41, 5.74) is -0.761. The topological polar surface area (TPSA) is 86.0 Å². The zero-order valence-electron chi connectivity index (χ0n) is 18.7. The maximum Gasteiger partial charge on any atom is 0.417 e. The first-order valence-corrected chi connectivity index (χ1v) is 10.6. The molecule has 0 radical (unpaired) electrons. The van der Waals surface area contributed by atoms with Gasteiger partial charge in [0.05, 0.1) is 23.7 Å². The average Bonchev–Trinajstić information content (AvgIpc) is 3.19. The fraction of sp³-hybridized carbons (Fsp3) is 0.409. The number of aryl methyl sites for hydroxylation is 1. The Labute approximate surface area is 196 Å². The van der Waals surface area contributed by atoms with Crippen LogP contribution in [-0.4, -0.2) is 60.7 Å². The summed E-state index contributed by atoms with van der Waals surface area (Å²) >= 11 is 0. The van der Waals surface area contributed by atoms with E-state index in [0.717, 1.165) is 17.0 Å². The number of hydrogen-bond acceptors (Lipinski definition) is 6. The third-order valence-corrected chi connectivity index (χ3v) is 5.64. The van der Waals surface area contributed by atoms with Crippen LogP contribution in [0.1, 0.15) is 29.4 Å². The van der Waals surface area contributed by atoms with E-state index < -0.39 is 48.5 Å². The molecule has 13 heteroatoms. The van der Waals surface area contributed by atoms with E-state index >= 15 is 0 Å². The van der Waals surface area contributed by atoms with Gasteiger partial charge in [0.25, 0.3) is 11.8 Å². The van der Waals surface area contributed by atoms with Crippen LogP contribution in [0.3, 0.4) is 0 Å². The van der Waals surface area contributed by atoms with Gasteiger partial charge >= 0.3 is 6.18 Å². The standard InChI is InChI=1S/C22H21F5N6O2/c1-13-8-21(23,24)12-33(16(13)11-35-17-5-4-14(9-30-17)22(25,26)27)20(34)18-15(10-32(2)31-18)19-28-6-3-7-29-19/h3-7,9-10,13,16H,8,11-12H2,1-2H3/t13-,16-/m1/s1. The number of hydrogen-bond donors (Lipinski definition) is 0. The lowest BCUT2D eigenvalue weighted by Crippen LogP contribution is -2.57. The van der Waals surface area contributed by atoms with Crippen LogP contribution >= 0.6 is 0 Å². The number of nitrogens with zero attached hydrogens (tertiary/aromatic N) is 6. The highest BCUT2D eigenvalue weighted by molar-refractivity contribution is 5.98. The monoisotopic (exact) mass is 496 g/mol. The minimum absolute atomic E-state index is 0.0961. The molecule has 0 saturated carbocycles. The average molecular weight is 496 g/mol. The van der Waals surface area contributed by atoms with Crippen molar-refractivity contribution in [1.29, 1.82) is 0 Å². The van der Waals surface area contributed by atoms with Gasteiger partial charge in [-0.3, -0.25) is 9.48 Å². The second-order valence-corrected chi connectivity index (χ2v) is 8.37. The summed E-state index contributed by atoms with van der Waals surface area (Å²) in [5, 5.41) is 4.16. The van der Waals surface area contributed by atoms with Gasteiger partial charge in [-0.2, -0.15) is 18.3 Å². The molecule has 35 heavy (non-hydrogen) atoms. The van der Waals surface area contributed by atoms with E-state index in [-0.39, 0.29) is 29.6 Å². The van der Waals surface area contributed by atoms with Crippen LogP contribution in [0.4, 0.5) is 22.0 Å². The number of amides is 1. The Hall–Kier alpha value is -3.64. The smallest absolute Gasteiger partial charge is 0.417 e. The molecule has 0 N–H and O–H groups in total. The molecule has 1 aliphatic heterocycles. The molecule has 3 aromatic rings. The molecule has 0 aliphatic carbocycles. The third kappa shape index (κ3) is 5.38. The number of ether oxygens (including phenoxy) is 1. The lowest BCUT2D eigenvalue weighted by atomic mass is 9.88. The SMILES string of the molecule is C[C@@H]1CC(F)(F)CN(C(=O)c2nn(C)cc2-c2ncccn2)[C@@H]1COc1ccc(C(F)(F)F)cn1. The Morgan fingerprint density at radius 2 is 1.91 bits per heavy atom. The lowest BCUT2D eigenvalue weighted by Gasteiger charge is -2.42. The first-order chi connectivity index (χ1) is 16.4. The maximum atomic E-state index is 14.5. The first-order valence-electron chi connectivity index (χ1n) is 10.6. The number of carbonyl (C=O) groups excluding carboxylic acids is 1. The van der Waals surface area contributed by atoms with Crippen LogP contribution in [0.2, 0.25) is 0 Å². The summed E-state index contributed by atoms with van der Waals surface area (Å²) in [4.78, 5) is 26.4. The highest BCUT2D eigenvalue weighted by Crippen LogP contribution is 2.36. The molecular weight excluding hydrogens is 475 g/mol. The Morgan fingerprint density at radius 3 is 2.54 bits per heavy atom. The highest BCUT2D eigenvalue weighted by atomic mass is 19.4. The second kappa shape index (κ2) is 9.19. The molecule has 1 amide bonds. The molecule has 3 aromatic heterocycles. The Balaban J connectivity index is 1.60. The molecule has 186 valence electrons. The summed E-state index contributed by atoms with van der Waals surface area (Å²) in [6.45, 7) is 0.447. The predicted molar refractivity (Wildman–Crippen MR) is 113 cm³/mol. The van der Waals surface area contributed by atoms with Crippen molar-refractivity contribution in [2.75, 3.05) is 13.2 Å². The van der Waals surface area contributed by atoms with Gasteiger partial charge in [-0.25, -0.2) is 23.7 Å². The molecule has 4 rings (SSSR count). The molecule has 0 unspecified atom stereocenters. The lowest BCUT2D eigenvalue weighted by molar-refractivity contribution is -0.137. The van der Waals surface area contributed by atoms with Crippen molar-refractivity contribution in [3.05, 3.63) is 54.2 Å². The fourth-order valence-electron chi connectivity index (χ4n) is 4.01. The van der Waals surface area contributed by atoms with Crippen LogP contribution < -0.4 is 4.74 Å². The molecule has 1 saturated heterocycles. The van der Waals surface area contributed by atoms with Gasteiger partial charge < -0.3 is 9.64 Å². The van der Waals surface area contributed by atoms with Gasteiger partial charge in [0, 0.05) is 44.3 Å². The Bertz CT molecular complexity index is 1180. The van der Waals surface area contributed by atoms with Crippen molar-refractivity contribution < 1.29 is 31.5 Å². The summed E-state index contributed by atoms with van der Waals surface area (Å²) in [5.74, 6) is -4.49. The molecular formula is C22H21F5N6O2. The third-order valence-electron chi connectivity index (χ3n) is 5.64. The van der Waals surface area contributed by atoms with Crippen molar-refractivity contribution in [3.63, 3.8) is 0 Å². The quantitative estimate of drug-likeness (QED) is 0.499. The van der Waals surface area contributed by atoms with Crippen LogP contribution in [0.5, 0.6) is 5.88 Å². The molecule has 4 heterocycles. The maximum absolute atomic E-state index is 14.5. The van der Waals surface area contributed by atoms with Gasteiger partial charge in [0.15, 0.2) is 11.5 Å². The van der Waals surface area contributed by atoms with Crippen LogP contribution in [-0.2, 0) is 13.2 Å². The van der Waals surface area contributed by atoms with E-state index in [9.17, 15) is 26.7 Å². The molecule has 1 fully saturated rings. The fourth-order valence-corrected chi connectivity index (χ4v) is 4.01. The van der Waals surface area contributed by atoms with Crippen molar-refractivity contribution in [1.82, 2.24) is 29.6 Å². The number of aromatic nitrogens is 5. The first kappa shape index (κ1) is 24.5. The van der Waals surface area contributed by atoms with Gasteiger partial charge in [0.2, 0.25) is 5.88 Å². The van der Waals surface area contributed by atoms with Gasteiger partial charge in [-0.15, -0.1) is 0 Å². The summed E-state index contributed by atoms with van der Waals surface area (Å²) in [6, 6.07) is 2.64. The normalized spacial score (nSPS) is 20.0. The summed E-state index contributed by atoms with van der Waals surface area (Å²) < 4.78 is 74.2. The zero-order chi connectivity index (χ0) is 25.4. The molecule has 0 spiro atoms. The van der Waals surface area contributed by atoms with E-state index in [1.165, 1.54) is 23.3 Å². The number of pyridine rings is 1. The second-order valence-electron chi connectivity index (χ2n) is 8.37. The molecule has 0 bridgehead atoms. The molecule has 0 aromatic carbocycles. The summed E-state index contributed by atoms with van der Waals surface area (Å²) in [6.07, 6.45) is 0.0640. The van der Waals surface area contributed by atoms with Gasteiger partial charge in [0.1, 0.15) is 6.61 Å². The van der Waals surface area contributed by atoms with Crippen LogP contribution in [0.15, 0.2) is 43.0 Å². The van der Waals surface area contributed by atoms with E-state index in [1.54, 1.807) is 20.0 Å². The van der Waals surface area contributed by atoms with Gasteiger partial charge in [-0.1, -0.05) is 6.92 Å². The van der Waals surface area contributed by atoms with Crippen molar-refractivity contribution in [2.45, 2.75) is 31.5 Å².